The molecule has 0 heterocycles. The third-order valence-electron chi connectivity index (χ3n) is 1.90. The van der Waals surface area contributed by atoms with Crippen LogP contribution in [0.4, 0.5) is 0 Å². The minimum atomic E-state index is 0.308. The van der Waals surface area contributed by atoms with Crippen LogP contribution in [0.3, 0.4) is 0 Å². The molecule has 74 valence electrons. The van der Waals surface area contributed by atoms with Crippen LogP contribution in [0.5, 0.6) is 0 Å². The Morgan fingerprint density at radius 1 is 1.42 bits per heavy atom. The highest BCUT2D eigenvalue weighted by molar-refractivity contribution is 4.61. The highest BCUT2D eigenvalue weighted by atomic mass is 16.5. The summed E-state index contributed by atoms with van der Waals surface area (Å²) >= 11 is 0. The number of ether oxygens (including phenoxy) is 1. The Morgan fingerprint density at radius 3 is 2.50 bits per heavy atom. The Kier molecular flexibility index (Phi) is 7.45. The average molecular weight is 174 g/mol. The van der Waals surface area contributed by atoms with Crippen LogP contribution < -0.4 is 5.73 Å². The number of nitrogens with two attached hydrogens (primary N) is 1. The molecule has 0 aromatic heterocycles. The Morgan fingerprint density at radius 2 is 2.08 bits per heavy atom. The van der Waals surface area contributed by atoms with Crippen LogP contribution in [0.25, 0.3) is 0 Å². The summed E-state index contributed by atoms with van der Waals surface area (Å²) in [4.78, 5) is 2.34. The van der Waals surface area contributed by atoms with E-state index in [9.17, 15) is 0 Å². The summed E-state index contributed by atoms with van der Waals surface area (Å²) in [5, 5.41) is 0. The molecule has 0 aliphatic heterocycles. The molecule has 3 heteroatoms. The van der Waals surface area contributed by atoms with Crippen LogP contribution in [0.2, 0.25) is 0 Å². The van der Waals surface area contributed by atoms with Crippen LogP contribution in [0.15, 0.2) is 0 Å². The van der Waals surface area contributed by atoms with Gasteiger partial charge in [0, 0.05) is 26.7 Å². The highest BCUT2D eigenvalue weighted by Gasteiger charge is 2.06. The molecule has 1 unspecified atom stereocenters. The molecule has 0 amide bonds. The lowest BCUT2D eigenvalue weighted by Gasteiger charge is -2.23. The molecule has 0 aromatic carbocycles. The van der Waals surface area contributed by atoms with Gasteiger partial charge in [-0.3, -0.25) is 4.90 Å². The lowest BCUT2D eigenvalue weighted by atomic mass is 10.3. The van der Waals surface area contributed by atoms with E-state index < -0.39 is 0 Å². The topological polar surface area (TPSA) is 38.5 Å². The summed E-state index contributed by atoms with van der Waals surface area (Å²) in [5.41, 5.74) is 5.49. The van der Waals surface area contributed by atoms with Crippen LogP contribution in [-0.2, 0) is 4.74 Å². The summed E-state index contributed by atoms with van der Waals surface area (Å²) in [6.45, 7) is 8.07. The van der Waals surface area contributed by atoms with E-state index in [1.54, 1.807) is 7.11 Å². The molecule has 0 spiro atoms. The van der Waals surface area contributed by atoms with E-state index >= 15 is 0 Å². The van der Waals surface area contributed by atoms with Crippen LogP contribution in [0, 0.1) is 0 Å². The molecule has 0 saturated heterocycles. The van der Waals surface area contributed by atoms with E-state index in [1.165, 1.54) is 6.42 Å². The predicted octanol–water partition coefficient (Wildman–Crippen LogP) is 0.692. The summed E-state index contributed by atoms with van der Waals surface area (Å²) in [7, 11) is 1.75. The van der Waals surface area contributed by atoms with Crippen LogP contribution in [0.1, 0.15) is 20.3 Å². The summed E-state index contributed by atoms with van der Waals surface area (Å²) in [6, 6.07) is 0. The molecule has 2 N–H and O–H groups in total. The molecule has 12 heavy (non-hydrogen) atoms. The summed E-state index contributed by atoms with van der Waals surface area (Å²) in [6.07, 6.45) is 1.49. The first-order chi connectivity index (χ1) is 5.74. The Bertz CT molecular complexity index is 92.5. The number of methoxy groups -OCH3 is 1. The van der Waals surface area contributed by atoms with Gasteiger partial charge in [0.05, 0.1) is 6.10 Å². The highest BCUT2D eigenvalue weighted by Crippen LogP contribution is 1.96. The maximum absolute atomic E-state index is 5.49. The van der Waals surface area contributed by atoms with E-state index in [4.69, 9.17) is 10.5 Å². The van der Waals surface area contributed by atoms with Gasteiger partial charge < -0.3 is 10.5 Å². The van der Waals surface area contributed by atoms with Gasteiger partial charge in [-0.2, -0.15) is 0 Å². The van der Waals surface area contributed by atoms with E-state index in [1.807, 2.05) is 0 Å². The third kappa shape index (κ3) is 5.52. The molecule has 0 fully saturated rings. The van der Waals surface area contributed by atoms with Gasteiger partial charge in [-0.1, -0.05) is 6.92 Å². The van der Waals surface area contributed by atoms with Crippen molar-refractivity contribution in [2.45, 2.75) is 26.4 Å². The first kappa shape index (κ1) is 11.9. The van der Waals surface area contributed by atoms with Gasteiger partial charge in [0.25, 0.3) is 0 Å². The van der Waals surface area contributed by atoms with Gasteiger partial charge in [0.2, 0.25) is 0 Å². The molecule has 0 radical (unpaired) electrons. The van der Waals surface area contributed by atoms with E-state index in [0.717, 1.165) is 26.2 Å². The van der Waals surface area contributed by atoms with Crippen molar-refractivity contribution < 1.29 is 4.74 Å². The first-order valence-electron chi connectivity index (χ1n) is 4.69. The lowest BCUT2D eigenvalue weighted by Crippen LogP contribution is -2.36. The first-order valence-corrected chi connectivity index (χ1v) is 4.69. The second kappa shape index (κ2) is 7.53. The molecule has 1 atom stereocenters. The monoisotopic (exact) mass is 174 g/mol. The van der Waals surface area contributed by atoms with Gasteiger partial charge in [0.1, 0.15) is 0 Å². The van der Waals surface area contributed by atoms with Gasteiger partial charge in [-0.25, -0.2) is 0 Å². The van der Waals surface area contributed by atoms with Crippen molar-refractivity contribution >= 4 is 0 Å². The summed E-state index contributed by atoms with van der Waals surface area (Å²) < 4.78 is 5.19. The second-order valence-corrected chi connectivity index (χ2v) is 3.14. The molecule has 0 aliphatic carbocycles. The normalized spacial score (nSPS) is 13.8. The van der Waals surface area contributed by atoms with Gasteiger partial charge in [-0.15, -0.1) is 0 Å². The predicted molar refractivity (Wildman–Crippen MR) is 52.3 cm³/mol. The number of hydrogen-bond acceptors (Lipinski definition) is 3. The van der Waals surface area contributed by atoms with Gasteiger partial charge in [0.15, 0.2) is 0 Å². The Hall–Kier alpha value is -0.120. The van der Waals surface area contributed by atoms with Crippen molar-refractivity contribution in [3.63, 3.8) is 0 Å². The molecular weight excluding hydrogens is 152 g/mol. The zero-order chi connectivity index (χ0) is 9.40. The fraction of sp³-hybridized carbons (Fsp3) is 1.00. The Labute approximate surface area is 75.9 Å². The minimum Gasteiger partial charge on any atom is -0.380 e. The van der Waals surface area contributed by atoms with Crippen molar-refractivity contribution in [3.8, 4) is 0 Å². The quantitative estimate of drug-likeness (QED) is 0.617. The lowest BCUT2D eigenvalue weighted by molar-refractivity contribution is 0.0780. The SMILES string of the molecule is CCCN(CCN)CC(C)OC. The molecule has 0 rings (SSSR count). The van der Waals surface area contributed by atoms with Crippen molar-refractivity contribution in [1.29, 1.82) is 0 Å². The van der Waals surface area contributed by atoms with E-state index in [-0.39, 0.29) is 0 Å². The molecule has 3 nitrogen and oxygen atoms in total. The molecule has 0 aromatic rings. The number of hydrogen-bond donors (Lipinski definition) is 1. The van der Waals surface area contributed by atoms with Crippen LogP contribution in [-0.4, -0.2) is 44.3 Å². The second-order valence-electron chi connectivity index (χ2n) is 3.14. The van der Waals surface area contributed by atoms with Crippen molar-refractivity contribution in [2.24, 2.45) is 5.73 Å². The van der Waals surface area contributed by atoms with Gasteiger partial charge in [-0.05, 0) is 19.9 Å². The van der Waals surface area contributed by atoms with Crippen molar-refractivity contribution in [1.82, 2.24) is 4.90 Å². The van der Waals surface area contributed by atoms with Crippen molar-refractivity contribution in [2.75, 3.05) is 33.3 Å². The van der Waals surface area contributed by atoms with E-state index in [0.29, 0.717) is 6.10 Å². The number of nitrogens with zero attached hydrogens (tertiary/aromatic N) is 1. The Balaban J connectivity index is 3.61. The minimum absolute atomic E-state index is 0.308. The zero-order valence-electron chi connectivity index (χ0n) is 8.55. The van der Waals surface area contributed by atoms with Crippen LogP contribution >= 0.6 is 0 Å². The third-order valence-corrected chi connectivity index (χ3v) is 1.90. The average Bonchev–Trinajstić information content (AvgIpc) is 2.05. The largest absolute Gasteiger partial charge is 0.380 e. The van der Waals surface area contributed by atoms with Gasteiger partial charge >= 0.3 is 0 Å². The molecular formula is C9H22N2O. The van der Waals surface area contributed by atoms with E-state index in [2.05, 4.69) is 18.7 Å². The maximum atomic E-state index is 5.49. The number of rotatable bonds is 7. The summed E-state index contributed by atoms with van der Waals surface area (Å²) in [5.74, 6) is 0. The molecule has 0 bridgehead atoms. The molecule has 0 saturated carbocycles. The fourth-order valence-electron chi connectivity index (χ4n) is 1.23. The maximum Gasteiger partial charge on any atom is 0.0670 e. The fourth-order valence-corrected chi connectivity index (χ4v) is 1.23. The molecule has 0 aliphatic rings. The standard InChI is InChI=1S/C9H22N2O/c1-4-6-11(7-5-10)8-9(2)12-3/h9H,4-8,10H2,1-3H3. The smallest absolute Gasteiger partial charge is 0.0670 e. The van der Waals surface area contributed by atoms with Crippen molar-refractivity contribution in [3.05, 3.63) is 0 Å². The zero-order valence-corrected chi connectivity index (χ0v) is 8.55.